The van der Waals surface area contributed by atoms with Gasteiger partial charge in [-0.3, -0.25) is 0 Å². The van der Waals surface area contributed by atoms with Gasteiger partial charge in [0.15, 0.2) is 5.16 Å². The number of rotatable bonds is 5. The van der Waals surface area contributed by atoms with Crippen LogP contribution in [0.15, 0.2) is 17.6 Å². The van der Waals surface area contributed by atoms with E-state index in [2.05, 4.69) is 35.5 Å². The summed E-state index contributed by atoms with van der Waals surface area (Å²) in [7, 11) is 6.26. The lowest BCUT2D eigenvalue weighted by molar-refractivity contribution is 0.356. The van der Waals surface area contributed by atoms with Crippen LogP contribution in [0.4, 0.5) is 0 Å². The first kappa shape index (κ1) is 11.6. The van der Waals surface area contributed by atoms with Gasteiger partial charge in [-0.15, -0.1) is 0 Å². The van der Waals surface area contributed by atoms with Crippen molar-refractivity contribution in [2.75, 3.05) is 26.4 Å². The van der Waals surface area contributed by atoms with Crippen molar-refractivity contribution in [2.45, 2.75) is 12.1 Å². The molecular formula is C10H19N3S. The Hall–Kier alpha value is -0.480. The fourth-order valence-electron chi connectivity index (χ4n) is 1.38. The monoisotopic (exact) mass is 213 g/mol. The van der Waals surface area contributed by atoms with Gasteiger partial charge in [0.1, 0.15) is 0 Å². The summed E-state index contributed by atoms with van der Waals surface area (Å²) in [6, 6.07) is 0. The van der Waals surface area contributed by atoms with Crippen LogP contribution in [0.5, 0.6) is 0 Å². The molecule has 0 aliphatic heterocycles. The average molecular weight is 213 g/mol. The Labute approximate surface area is 90.5 Å². The zero-order valence-electron chi connectivity index (χ0n) is 9.40. The van der Waals surface area contributed by atoms with Crippen molar-refractivity contribution in [3.8, 4) is 0 Å². The molecule has 0 N–H and O–H groups in total. The highest BCUT2D eigenvalue weighted by Crippen LogP contribution is 2.17. The van der Waals surface area contributed by atoms with Crippen LogP contribution >= 0.6 is 11.8 Å². The zero-order chi connectivity index (χ0) is 10.6. The van der Waals surface area contributed by atoms with Gasteiger partial charge in [0.2, 0.25) is 0 Å². The SMILES string of the molecule is CC(CSc1nccn1C)CN(C)C. The molecule has 80 valence electrons. The molecule has 1 rings (SSSR count). The number of hydrogen-bond donors (Lipinski definition) is 0. The second kappa shape index (κ2) is 5.41. The quantitative estimate of drug-likeness (QED) is 0.695. The summed E-state index contributed by atoms with van der Waals surface area (Å²) in [6.07, 6.45) is 3.83. The zero-order valence-corrected chi connectivity index (χ0v) is 10.2. The van der Waals surface area contributed by atoms with Gasteiger partial charge in [0.05, 0.1) is 0 Å². The fourth-order valence-corrected chi connectivity index (χ4v) is 2.32. The molecule has 0 saturated heterocycles. The second-order valence-electron chi connectivity index (χ2n) is 4.00. The number of hydrogen-bond acceptors (Lipinski definition) is 3. The topological polar surface area (TPSA) is 21.1 Å². The van der Waals surface area contributed by atoms with Gasteiger partial charge in [-0.2, -0.15) is 0 Å². The highest BCUT2D eigenvalue weighted by atomic mass is 32.2. The van der Waals surface area contributed by atoms with Gasteiger partial charge in [0, 0.05) is 31.7 Å². The molecule has 1 aromatic rings. The molecule has 0 aromatic carbocycles. The van der Waals surface area contributed by atoms with Gasteiger partial charge in [-0.05, 0) is 20.0 Å². The van der Waals surface area contributed by atoms with E-state index >= 15 is 0 Å². The first-order chi connectivity index (χ1) is 6.59. The minimum Gasteiger partial charge on any atom is -0.329 e. The first-order valence-electron chi connectivity index (χ1n) is 4.84. The average Bonchev–Trinajstić information content (AvgIpc) is 2.46. The van der Waals surface area contributed by atoms with Gasteiger partial charge in [-0.1, -0.05) is 18.7 Å². The van der Waals surface area contributed by atoms with Crippen LogP contribution < -0.4 is 0 Å². The molecule has 0 saturated carbocycles. The van der Waals surface area contributed by atoms with E-state index in [9.17, 15) is 0 Å². The summed E-state index contributed by atoms with van der Waals surface area (Å²) in [6.45, 7) is 3.41. The second-order valence-corrected chi connectivity index (χ2v) is 4.99. The molecule has 0 spiro atoms. The van der Waals surface area contributed by atoms with Crippen molar-refractivity contribution in [3.63, 3.8) is 0 Å². The van der Waals surface area contributed by atoms with Crippen molar-refractivity contribution in [2.24, 2.45) is 13.0 Å². The molecule has 0 aliphatic carbocycles. The lowest BCUT2D eigenvalue weighted by atomic mass is 10.2. The highest BCUT2D eigenvalue weighted by molar-refractivity contribution is 7.99. The fraction of sp³-hybridized carbons (Fsp3) is 0.700. The standard InChI is InChI=1S/C10H19N3S/c1-9(7-12(2)3)8-14-10-11-5-6-13(10)4/h5-6,9H,7-8H2,1-4H3. The molecule has 14 heavy (non-hydrogen) atoms. The normalized spacial score (nSPS) is 13.5. The van der Waals surface area contributed by atoms with E-state index in [1.54, 1.807) is 0 Å². The molecule has 1 heterocycles. The van der Waals surface area contributed by atoms with E-state index in [0.717, 1.165) is 17.5 Å². The minimum atomic E-state index is 0.701. The predicted octanol–water partition coefficient (Wildman–Crippen LogP) is 1.71. The summed E-state index contributed by atoms with van der Waals surface area (Å²) in [5.41, 5.74) is 0. The van der Waals surface area contributed by atoms with Crippen molar-refractivity contribution >= 4 is 11.8 Å². The summed E-state index contributed by atoms with van der Waals surface area (Å²) in [5, 5.41) is 1.11. The van der Waals surface area contributed by atoms with Crippen molar-refractivity contribution in [1.82, 2.24) is 14.5 Å². The lowest BCUT2D eigenvalue weighted by Crippen LogP contribution is -2.21. The van der Waals surface area contributed by atoms with Crippen LogP contribution in [-0.4, -0.2) is 40.8 Å². The van der Waals surface area contributed by atoms with E-state index in [0.29, 0.717) is 5.92 Å². The molecule has 0 radical (unpaired) electrons. The maximum atomic E-state index is 4.28. The van der Waals surface area contributed by atoms with Crippen LogP contribution in [0.1, 0.15) is 6.92 Å². The minimum absolute atomic E-state index is 0.701. The molecule has 0 aliphatic rings. The summed E-state index contributed by atoms with van der Waals surface area (Å²) < 4.78 is 2.06. The molecule has 4 heteroatoms. The van der Waals surface area contributed by atoms with Crippen molar-refractivity contribution in [3.05, 3.63) is 12.4 Å². The number of aryl methyl sites for hydroxylation is 1. The summed E-state index contributed by atoms with van der Waals surface area (Å²) >= 11 is 1.83. The predicted molar refractivity (Wildman–Crippen MR) is 61.7 cm³/mol. The third-order valence-electron chi connectivity index (χ3n) is 1.95. The molecular weight excluding hydrogens is 194 g/mol. The lowest BCUT2D eigenvalue weighted by Gasteiger charge is -2.15. The van der Waals surface area contributed by atoms with Crippen LogP contribution in [0.3, 0.4) is 0 Å². The Balaban J connectivity index is 2.30. The number of imidazole rings is 1. The Morgan fingerprint density at radius 3 is 2.79 bits per heavy atom. The van der Waals surface area contributed by atoms with E-state index in [1.165, 1.54) is 0 Å². The largest absolute Gasteiger partial charge is 0.329 e. The van der Waals surface area contributed by atoms with Crippen LogP contribution in [0.2, 0.25) is 0 Å². The van der Waals surface area contributed by atoms with E-state index in [-0.39, 0.29) is 0 Å². The first-order valence-corrected chi connectivity index (χ1v) is 5.83. The van der Waals surface area contributed by atoms with E-state index < -0.39 is 0 Å². The molecule has 0 amide bonds. The van der Waals surface area contributed by atoms with E-state index in [1.807, 2.05) is 31.2 Å². The van der Waals surface area contributed by atoms with Crippen LogP contribution in [-0.2, 0) is 7.05 Å². The third-order valence-corrected chi connectivity index (χ3v) is 3.34. The van der Waals surface area contributed by atoms with Crippen LogP contribution in [0, 0.1) is 5.92 Å². The summed E-state index contributed by atoms with van der Waals surface area (Å²) in [4.78, 5) is 6.51. The number of thioether (sulfide) groups is 1. The van der Waals surface area contributed by atoms with Gasteiger partial charge in [-0.25, -0.2) is 4.98 Å². The third kappa shape index (κ3) is 3.72. The Morgan fingerprint density at radius 2 is 2.29 bits per heavy atom. The van der Waals surface area contributed by atoms with Crippen LogP contribution in [0.25, 0.3) is 0 Å². The smallest absolute Gasteiger partial charge is 0.167 e. The molecule has 3 nitrogen and oxygen atoms in total. The number of aromatic nitrogens is 2. The molecule has 1 atom stereocenters. The van der Waals surface area contributed by atoms with Gasteiger partial charge < -0.3 is 9.47 Å². The maximum Gasteiger partial charge on any atom is 0.167 e. The summed E-state index contributed by atoms with van der Waals surface area (Å²) in [5.74, 6) is 1.83. The Morgan fingerprint density at radius 1 is 1.57 bits per heavy atom. The maximum absolute atomic E-state index is 4.28. The molecule has 0 fully saturated rings. The Bertz CT molecular complexity index is 270. The highest BCUT2D eigenvalue weighted by Gasteiger charge is 2.06. The van der Waals surface area contributed by atoms with Gasteiger partial charge in [0.25, 0.3) is 0 Å². The molecule has 0 bridgehead atoms. The van der Waals surface area contributed by atoms with E-state index in [4.69, 9.17) is 0 Å². The molecule has 1 aromatic heterocycles. The number of nitrogens with zero attached hydrogens (tertiary/aromatic N) is 3. The Kier molecular flexibility index (Phi) is 4.48. The molecule has 1 unspecified atom stereocenters. The van der Waals surface area contributed by atoms with Crippen molar-refractivity contribution < 1.29 is 0 Å². The van der Waals surface area contributed by atoms with Gasteiger partial charge >= 0.3 is 0 Å². The van der Waals surface area contributed by atoms with Crippen molar-refractivity contribution in [1.29, 1.82) is 0 Å².